The molecule has 12 heteroatoms. The molecule has 200 valence electrons. The quantitative estimate of drug-likeness (QED) is 0.436. The van der Waals surface area contributed by atoms with Crippen LogP contribution in [0.2, 0.25) is 5.02 Å². The Morgan fingerprint density at radius 1 is 1.00 bits per heavy atom. The van der Waals surface area contributed by atoms with Crippen molar-refractivity contribution in [3.63, 3.8) is 0 Å². The molecule has 0 heterocycles. The lowest BCUT2D eigenvalue weighted by atomic mass is 9.60. The molecule has 2 aromatic carbocycles. The summed E-state index contributed by atoms with van der Waals surface area (Å²) >= 11 is 5.64. The van der Waals surface area contributed by atoms with Gasteiger partial charge in [-0.15, -0.1) is 13.2 Å². The fourth-order valence-electron chi connectivity index (χ4n) is 5.03. The molecule has 3 saturated carbocycles. The van der Waals surface area contributed by atoms with Crippen molar-refractivity contribution in [2.24, 2.45) is 0 Å². The van der Waals surface area contributed by atoms with E-state index >= 15 is 0 Å². The first kappa shape index (κ1) is 27.0. The van der Waals surface area contributed by atoms with Crippen LogP contribution < -0.4 is 20.1 Å². The maximum atomic E-state index is 13.5. The zero-order chi connectivity index (χ0) is 26.8. The lowest BCUT2D eigenvalue weighted by Gasteiger charge is -2.56. The van der Waals surface area contributed by atoms with Crippen LogP contribution in [-0.4, -0.2) is 47.1 Å². The number of carbonyl (C=O) groups is 2. The molecule has 2 amide bonds. The number of carbonyl (C=O) groups excluding carboxylic acids is 2. The highest BCUT2D eigenvalue weighted by atomic mass is 35.5. The second kappa shape index (κ2) is 10.4. The lowest BCUT2D eigenvalue weighted by Crippen LogP contribution is -2.70. The number of aliphatic hydroxyl groups is 1. The molecule has 5 rings (SSSR count). The number of hydrogen-bond donors (Lipinski definition) is 3. The van der Waals surface area contributed by atoms with Gasteiger partial charge in [0.1, 0.15) is 17.3 Å². The summed E-state index contributed by atoms with van der Waals surface area (Å²) in [5.74, 6) is -1.68. The maximum absolute atomic E-state index is 13.5. The first-order chi connectivity index (χ1) is 17.4. The van der Waals surface area contributed by atoms with E-state index in [1.807, 2.05) is 0 Å². The molecular weight excluding hydrogens is 520 g/mol. The van der Waals surface area contributed by atoms with Crippen LogP contribution >= 0.6 is 11.6 Å². The Morgan fingerprint density at radius 2 is 1.65 bits per heavy atom. The first-order valence-electron chi connectivity index (χ1n) is 11.6. The number of halogens is 5. The van der Waals surface area contributed by atoms with Crippen molar-refractivity contribution in [3.8, 4) is 11.5 Å². The molecule has 2 aromatic rings. The van der Waals surface area contributed by atoms with Crippen LogP contribution in [0.25, 0.3) is 0 Å². The minimum Gasteiger partial charge on any atom is -0.484 e. The highest BCUT2D eigenvalue weighted by Crippen LogP contribution is 2.47. The third-order valence-corrected chi connectivity index (χ3v) is 7.20. The number of benzene rings is 2. The van der Waals surface area contributed by atoms with Crippen LogP contribution in [0.3, 0.4) is 0 Å². The molecule has 3 N–H and O–H groups in total. The molecule has 0 spiro atoms. The van der Waals surface area contributed by atoms with E-state index in [9.17, 15) is 32.3 Å². The third-order valence-electron chi connectivity index (χ3n) is 6.90. The van der Waals surface area contributed by atoms with Gasteiger partial charge in [-0.2, -0.15) is 0 Å². The van der Waals surface area contributed by atoms with Crippen molar-refractivity contribution in [1.82, 2.24) is 10.6 Å². The van der Waals surface area contributed by atoms with E-state index in [0.29, 0.717) is 31.2 Å². The molecule has 0 unspecified atom stereocenters. The summed E-state index contributed by atoms with van der Waals surface area (Å²) in [5, 5.41) is 16.6. The van der Waals surface area contributed by atoms with E-state index in [4.69, 9.17) is 16.3 Å². The van der Waals surface area contributed by atoms with Crippen molar-refractivity contribution in [2.75, 3.05) is 6.61 Å². The first-order valence-corrected chi connectivity index (χ1v) is 12.0. The van der Waals surface area contributed by atoms with Crippen LogP contribution in [0.5, 0.6) is 11.5 Å². The monoisotopic (exact) mass is 544 g/mol. The minimum absolute atomic E-state index is 0.0470. The fourth-order valence-corrected chi connectivity index (χ4v) is 5.14. The number of aliphatic hydroxyl groups excluding tert-OH is 1. The van der Waals surface area contributed by atoms with Crippen molar-refractivity contribution >= 4 is 23.4 Å². The molecule has 37 heavy (non-hydrogen) atoms. The van der Waals surface area contributed by atoms with Gasteiger partial charge in [0.2, 0.25) is 5.91 Å². The largest absolute Gasteiger partial charge is 0.573 e. The van der Waals surface area contributed by atoms with Gasteiger partial charge >= 0.3 is 6.36 Å². The van der Waals surface area contributed by atoms with Crippen LogP contribution in [0.15, 0.2) is 42.5 Å². The van der Waals surface area contributed by atoms with Crippen LogP contribution in [0, 0.1) is 5.82 Å². The average molecular weight is 545 g/mol. The molecule has 1 atom stereocenters. The summed E-state index contributed by atoms with van der Waals surface area (Å²) in [5.41, 5.74) is -0.982. The van der Waals surface area contributed by atoms with Crippen molar-refractivity contribution in [2.45, 2.75) is 62.1 Å². The molecule has 0 saturated heterocycles. The number of alkyl halides is 3. The van der Waals surface area contributed by atoms with Crippen LogP contribution in [0.1, 0.15) is 37.7 Å². The molecular formula is C25H25ClF4N2O5. The van der Waals surface area contributed by atoms with Crippen LogP contribution in [0.4, 0.5) is 17.6 Å². The smallest absolute Gasteiger partial charge is 0.484 e. The third kappa shape index (κ3) is 6.64. The number of ether oxygens (including phenoxy) is 2. The normalized spacial score (nSPS) is 24.9. The van der Waals surface area contributed by atoms with Gasteiger partial charge in [-0.05, 0) is 61.9 Å². The van der Waals surface area contributed by atoms with E-state index in [0.717, 1.165) is 18.2 Å². The van der Waals surface area contributed by atoms with Gasteiger partial charge in [0, 0.05) is 11.6 Å². The molecule has 0 aromatic heterocycles. The molecule has 0 aliphatic heterocycles. The predicted molar refractivity (Wildman–Crippen MR) is 125 cm³/mol. The molecule has 3 aliphatic rings. The van der Waals surface area contributed by atoms with Gasteiger partial charge in [-0.1, -0.05) is 23.7 Å². The Balaban J connectivity index is 1.28. The Labute approximate surface area is 215 Å². The molecule has 2 bridgehead atoms. The van der Waals surface area contributed by atoms with Gasteiger partial charge < -0.3 is 25.2 Å². The summed E-state index contributed by atoms with van der Waals surface area (Å²) in [4.78, 5) is 25.2. The number of rotatable bonds is 8. The van der Waals surface area contributed by atoms with E-state index in [1.165, 1.54) is 24.3 Å². The van der Waals surface area contributed by atoms with Crippen molar-refractivity contribution in [3.05, 3.63) is 58.9 Å². The molecule has 3 aliphatic carbocycles. The molecule has 0 radical (unpaired) electrons. The number of fused-ring (bicyclic) bond motifs is 3. The zero-order valence-corrected chi connectivity index (χ0v) is 20.3. The van der Waals surface area contributed by atoms with E-state index in [-0.39, 0.29) is 41.9 Å². The Kier molecular flexibility index (Phi) is 7.57. The summed E-state index contributed by atoms with van der Waals surface area (Å²) < 4.78 is 59.6. The highest BCUT2D eigenvalue weighted by molar-refractivity contribution is 6.30. The van der Waals surface area contributed by atoms with Gasteiger partial charge in [0.05, 0.1) is 23.1 Å². The van der Waals surface area contributed by atoms with E-state index in [1.54, 1.807) is 0 Å². The number of hydrogen-bond acceptors (Lipinski definition) is 5. The second-order valence-corrected chi connectivity index (χ2v) is 9.89. The number of nitrogens with one attached hydrogen (secondary N) is 2. The van der Waals surface area contributed by atoms with E-state index < -0.39 is 35.3 Å². The lowest BCUT2D eigenvalue weighted by molar-refractivity contribution is -0.274. The Morgan fingerprint density at radius 3 is 2.24 bits per heavy atom. The summed E-state index contributed by atoms with van der Waals surface area (Å²) in [6.07, 6.45) is -3.60. The fraction of sp³-hybridized carbons (Fsp3) is 0.440. The number of amides is 2. The predicted octanol–water partition coefficient (Wildman–Crippen LogP) is 4.05. The van der Waals surface area contributed by atoms with Gasteiger partial charge in [-0.25, -0.2) is 4.39 Å². The zero-order valence-electron chi connectivity index (χ0n) is 19.5. The highest BCUT2D eigenvalue weighted by Gasteiger charge is 2.55. The molecule has 3 fully saturated rings. The summed E-state index contributed by atoms with van der Waals surface area (Å²) in [6, 6.07) is 8.89. The van der Waals surface area contributed by atoms with Gasteiger partial charge in [0.15, 0.2) is 6.61 Å². The van der Waals surface area contributed by atoms with E-state index in [2.05, 4.69) is 15.4 Å². The Bertz CT molecular complexity index is 1150. The SMILES string of the molecule is O=C(Cc1ccc(OC(F)(F)F)cc1)NC12CCC(NC(=O)COc3ccc(Cl)c(F)c3)(CC1)[C@@H](O)C2. The van der Waals surface area contributed by atoms with Crippen LogP contribution in [-0.2, 0) is 16.0 Å². The second-order valence-electron chi connectivity index (χ2n) is 9.49. The van der Waals surface area contributed by atoms with Gasteiger partial charge in [0.25, 0.3) is 5.91 Å². The van der Waals surface area contributed by atoms with Gasteiger partial charge in [-0.3, -0.25) is 9.59 Å². The summed E-state index contributed by atoms with van der Waals surface area (Å²) in [7, 11) is 0. The average Bonchev–Trinajstić information content (AvgIpc) is 2.81. The minimum atomic E-state index is -4.79. The maximum Gasteiger partial charge on any atom is 0.573 e. The van der Waals surface area contributed by atoms with Crippen molar-refractivity contribution < 1.29 is 41.7 Å². The molecule has 7 nitrogen and oxygen atoms in total. The standard InChI is InChI=1S/C25H25ClF4N2O5/c26-18-6-5-17(12-19(18)27)36-14-22(35)32-24-9-7-23(8-10-24,13-20(24)33)31-21(34)11-15-1-3-16(4-2-15)37-25(28,29)30/h1-6,12,20,33H,7-11,13-14H2,(H,31,34)(H,32,35)/t20-,23?,24?/m0/s1. The Hall–Kier alpha value is -3.05. The van der Waals surface area contributed by atoms with Crippen molar-refractivity contribution in [1.29, 1.82) is 0 Å². The topological polar surface area (TPSA) is 96.9 Å². The summed E-state index contributed by atoms with van der Waals surface area (Å²) in [6.45, 7) is -0.371.